The van der Waals surface area contributed by atoms with Gasteiger partial charge in [-0.2, -0.15) is 0 Å². The van der Waals surface area contributed by atoms with Gasteiger partial charge in [0.15, 0.2) is 6.10 Å². The van der Waals surface area contributed by atoms with Crippen molar-refractivity contribution in [2.45, 2.75) is 58.0 Å². The largest absolute Gasteiger partial charge is 0.481 e. The third kappa shape index (κ3) is 3.22. The van der Waals surface area contributed by atoms with Crippen LogP contribution in [0.5, 0.6) is 5.75 Å². The number of fused-ring (bicyclic) bond motifs is 1. The summed E-state index contributed by atoms with van der Waals surface area (Å²) in [5.74, 6) is 1.02. The lowest BCUT2D eigenvalue weighted by molar-refractivity contribution is -0.137. The fraction of sp³-hybridized carbons (Fsp3) is 0.611. The van der Waals surface area contributed by atoms with Crippen molar-refractivity contribution in [3.63, 3.8) is 0 Å². The Hall–Kier alpha value is -1.51. The van der Waals surface area contributed by atoms with E-state index >= 15 is 0 Å². The van der Waals surface area contributed by atoms with Crippen LogP contribution in [0.4, 0.5) is 0 Å². The summed E-state index contributed by atoms with van der Waals surface area (Å²) < 4.78 is 6.01. The molecule has 1 aliphatic heterocycles. The van der Waals surface area contributed by atoms with E-state index in [0.29, 0.717) is 0 Å². The molecule has 114 valence electrons. The third-order valence-corrected chi connectivity index (χ3v) is 4.66. The van der Waals surface area contributed by atoms with Gasteiger partial charge >= 0.3 is 0 Å². The van der Waals surface area contributed by atoms with Gasteiger partial charge in [-0.25, -0.2) is 0 Å². The lowest BCUT2D eigenvalue weighted by Gasteiger charge is -2.24. The van der Waals surface area contributed by atoms with Crippen molar-refractivity contribution in [1.82, 2.24) is 4.90 Å². The van der Waals surface area contributed by atoms with E-state index in [9.17, 15) is 4.79 Å². The molecule has 0 unspecified atom stereocenters. The Morgan fingerprint density at radius 2 is 1.86 bits per heavy atom. The van der Waals surface area contributed by atoms with Gasteiger partial charge < -0.3 is 9.64 Å². The number of hydrogen-bond acceptors (Lipinski definition) is 2. The molecule has 2 aliphatic rings. The molecule has 1 atom stereocenters. The van der Waals surface area contributed by atoms with Crippen LogP contribution >= 0.6 is 0 Å². The van der Waals surface area contributed by atoms with Gasteiger partial charge in [-0.1, -0.05) is 13.0 Å². The second kappa shape index (κ2) is 6.50. The molecule has 0 bridgehead atoms. The SMILES string of the molecule is CC[C@@H](Oc1ccc2c(c1)CCCC2)C(=O)N1CCCC1. The van der Waals surface area contributed by atoms with Crippen LogP contribution in [-0.4, -0.2) is 30.0 Å². The second-order valence-electron chi connectivity index (χ2n) is 6.18. The minimum atomic E-state index is -0.329. The van der Waals surface area contributed by atoms with Gasteiger partial charge in [0, 0.05) is 13.1 Å². The van der Waals surface area contributed by atoms with Crippen molar-refractivity contribution in [2.24, 2.45) is 0 Å². The van der Waals surface area contributed by atoms with Crippen molar-refractivity contribution in [1.29, 1.82) is 0 Å². The van der Waals surface area contributed by atoms with Crippen molar-refractivity contribution in [3.8, 4) is 5.75 Å². The summed E-state index contributed by atoms with van der Waals surface area (Å²) in [5.41, 5.74) is 2.86. The molecule has 1 saturated heterocycles. The second-order valence-corrected chi connectivity index (χ2v) is 6.18. The quantitative estimate of drug-likeness (QED) is 0.850. The summed E-state index contributed by atoms with van der Waals surface area (Å²) in [6, 6.07) is 6.36. The summed E-state index contributed by atoms with van der Waals surface area (Å²) in [4.78, 5) is 14.4. The molecule has 1 aromatic rings. The van der Waals surface area contributed by atoms with Gasteiger partial charge in [-0.15, -0.1) is 0 Å². The lowest BCUT2D eigenvalue weighted by atomic mass is 9.92. The van der Waals surface area contributed by atoms with Crippen LogP contribution in [0.1, 0.15) is 50.2 Å². The molecule has 0 radical (unpaired) electrons. The van der Waals surface area contributed by atoms with E-state index in [4.69, 9.17) is 4.74 Å². The van der Waals surface area contributed by atoms with Crippen LogP contribution in [0.2, 0.25) is 0 Å². The first kappa shape index (κ1) is 14.4. The van der Waals surface area contributed by atoms with Crippen molar-refractivity contribution < 1.29 is 9.53 Å². The highest BCUT2D eigenvalue weighted by Crippen LogP contribution is 2.26. The first-order valence-corrected chi connectivity index (χ1v) is 8.35. The first-order valence-electron chi connectivity index (χ1n) is 8.35. The average Bonchev–Trinajstić information content (AvgIpc) is 3.06. The Morgan fingerprint density at radius 1 is 1.14 bits per heavy atom. The number of benzene rings is 1. The Kier molecular flexibility index (Phi) is 4.47. The van der Waals surface area contributed by atoms with E-state index in [2.05, 4.69) is 12.1 Å². The molecular formula is C18H25NO2. The standard InChI is InChI=1S/C18H25NO2/c1-2-17(18(20)19-11-5-6-12-19)21-16-10-9-14-7-3-4-8-15(14)13-16/h9-10,13,17H,2-8,11-12H2,1H3/t17-/m1/s1. The summed E-state index contributed by atoms with van der Waals surface area (Å²) in [6.45, 7) is 3.81. The van der Waals surface area contributed by atoms with E-state index in [0.717, 1.165) is 44.5 Å². The Labute approximate surface area is 127 Å². The van der Waals surface area contributed by atoms with Gasteiger partial charge in [0.25, 0.3) is 5.91 Å². The number of amides is 1. The normalized spacial score (nSPS) is 19.2. The highest BCUT2D eigenvalue weighted by Gasteiger charge is 2.26. The smallest absolute Gasteiger partial charge is 0.263 e. The molecular weight excluding hydrogens is 262 g/mol. The zero-order valence-electron chi connectivity index (χ0n) is 12.9. The molecule has 1 heterocycles. The molecule has 0 saturated carbocycles. The molecule has 3 nitrogen and oxygen atoms in total. The predicted molar refractivity (Wildman–Crippen MR) is 83.6 cm³/mol. The van der Waals surface area contributed by atoms with Gasteiger partial charge in [0.1, 0.15) is 5.75 Å². The fourth-order valence-corrected chi connectivity index (χ4v) is 3.40. The molecule has 0 N–H and O–H groups in total. The van der Waals surface area contributed by atoms with Crippen LogP contribution in [-0.2, 0) is 17.6 Å². The monoisotopic (exact) mass is 287 g/mol. The minimum Gasteiger partial charge on any atom is -0.481 e. The third-order valence-electron chi connectivity index (χ3n) is 4.66. The van der Waals surface area contributed by atoms with E-state index in [1.807, 2.05) is 17.9 Å². The van der Waals surface area contributed by atoms with E-state index < -0.39 is 0 Å². The number of rotatable bonds is 4. The number of likely N-dealkylation sites (tertiary alicyclic amines) is 1. The zero-order chi connectivity index (χ0) is 14.7. The van der Waals surface area contributed by atoms with E-state index in [-0.39, 0.29) is 12.0 Å². The average molecular weight is 287 g/mol. The van der Waals surface area contributed by atoms with Gasteiger partial charge in [-0.3, -0.25) is 4.79 Å². The first-order chi connectivity index (χ1) is 10.3. The number of aryl methyl sites for hydroxylation is 2. The Bertz CT molecular complexity index is 506. The fourth-order valence-electron chi connectivity index (χ4n) is 3.40. The maximum atomic E-state index is 12.5. The minimum absolute atomic E-state index is 0.160. The van der Waals surface area contributed by atoms with Gasteiger partial charge in [0.05, 0.1) is 0 Å². The molecule has 1 amide bonds. The number of hydrogen-bond donors (Lipinski definition) is 0. The summed E-state index contributed by atoms with van der Waals surface area (Å²) in [6.07, 6.45) is 7.53. The molecule has 1 fully saturated rings. The van der Waals surface area contributed by atoms with E-state index in [1.165, 1.54) is 30.4 Å². The maximum Gasteiger partial charge on any atom is 0.263 e. The van der Waals surface area contributed by atoms with Gasteiger partial charge in [0.2, 0.25) is 0 Å². The highest BCUT2D eigenvalue weighted by atomic mass is 16.5. The summed E-state index contributed by atoms with van der Waals surface area (Å²) in [7, 11) is 0. The van der Waals surface area contributed by atoms with Crippen LogP contribution < -0.4 is 4.74 Å². The molecule has 3 rings (SSSR count). The number of ether oxygens (including phenoxy) is 1. The predicted octanol–water partition coefficient (Wildman–Crippen LogP) is 3.35. The van der Waals surface area contributed by atoms with Crippen LogP contribution in [0, 0.1) is 0 Å². The van der Waals surface area contributed by atoms with E-state index in [1.54, 1.807) is 0 Å². The maximum absolute atomic E-state index is 12.5. The summed E-state index contributed by atoms with van der Waals surface area (Å²) >= 11 is 0. The number of nitrogens with zero attached hydrogens (tertiary/aromatic N) is 1. The molecule has 1 aromatic carbocycles. The van der Waals surface area contributed by atoms with Crippen molar-refractivity contribution >= 4 is 5.91 Å². The molecule has 0 spiro atoms. The number of carbonyl (C=O) groups excluding carboxylic acids is 1. The molecule has 3 heteroatoms. The van der Waals surface area contributed by atoms with Crippen molar-refractivity contribution in [2.75, 3.05) is 13.1 Å². The lowest BCUT2D eigenvalue weighted by Crippen LogP contribution is -2.40. The Morgan fingerprint density at radius 3 is 2.57 bits per heavy atom. The Balaban J connectivity index is 1.70. The molecule has 21 heavy (non-hydrogen) atoms. The highest BCUT2D eigenvalue weighted by molar-refractivity contribution is 5.81. The van der Waals surface area contributed by atoms with Crippen LogP contribution in [0.15, 0.2) is 18.2 Å². The summed E-state index contributed by atoms with van der Waals surface area (Å²) in [5, 5.41) is 0. The van der Waals surface area contributed by atoms with Crippen molar-refractivity contribution in [3.05, 3.63) is 29.3 Å². The molecule has 0 aromatic heterocycles. The molecule has 1 aliphatic carbocycles. The topological polar surface area (TPSA) is 29.5 Å². The van der Waals surface area contributed by atoms with Crippen LogP contribution in [0.25, 0.3) is 0 Å². The van der Waals surface area contributed by atoms with Gasteiger partial charge in [-0.05, 0) is 68.2 Å². The zero-order valence-corrected chi connectivity index (χ0v) is 12.9. The van der Waals surface area contributed by atoms with Crippen LogP contribution in [0.3, 0.4) is 0 Å². The number of carbonyl (C=O) groups is 1.